The highest BCUT2D eigenvalue weighted by molar-refractivity contribution is 5.79. The minimum absolute atomic E-state index is 0.298. The van der Waals surface area contributed by atoms with Crippen LogP contribution in [0.4, 0.5) is 0 Å². The zero-order valence-electron chi connectivity index (χ0n) is 13.0. The molecule has 118 valence electrons. The molecule has 0 fully saturated rings. The maximum absolute atomic E-state index is 5.33. The van der Waals surface area contributed by atoms with E-state index in [0.29, 0.717) is 19.1 Å². The van der Waals surface area contributed by atoms with Crippen molar-refractivity contribution in [1.82, 2.24) is 25.4 Å². The Morgan fingerprint density at radius 3 is 3.14 bits per heavy atom. The number of furan rings is 1. The summed E-state index contributed by atoms with van der Waals surface area (Å²) in [5.41, 5.74) is 0. The second-order valence-corrected chi connectivity index (χ2v) is 5.68. The average Bonchev–Trinajstić information content (AvgIpc) is 3.19. The maximum atomic E-state index is 5.33. The smallest absolute Gasteiger partial charge is 0.192 e. The van der Waals surface area contributed by atoms with Gasteiger partial charge in [-0.2, -0.15) is 0 Å². The van der Waals surface area contributed by atoms with Crippen molar-refractivity contribution in [1.29, 1.82) is 0 Å². The van der Waals surface area contributed by atoms with E-state index in [-0.39, 0.29) is 0 Å². The first-order chi connectivity index (χ1) is 10.7. The zero-order valence-corrected chi connectivity index (χ0v) is 13.0. The van der Waals surface area contributed by atoms with Crippen LogP contribution in [0.2, 0.25) is 0 Å². The fourth-order valence-corrected chi connectivity index (χ4v) is 2.49. The van der Waals surface area contributed by atoms with Crippen molar-refractivity contribution in [2.75, 3.05) is 0 Å². The Labute approximate surface area is 129 Å². The number of hydrogen-bond acceptors (Lipinski definition) is 4. The van der Waals surface area contributed by atoms with Crippen molar-refractivity contribution in [3.05, 3.63) is 35.8 Å². The Morgan fingerprint density at radius 1 is 1.45 bits per heavy atom. The molecule has 0 radical (unpaired) electrons. The van der Waals surface area contributed by atoms with Gasteiger partial charge in [-0.3, -0.25) is 0 Å². The summed E-state index contributed by atoms with van der Waals surface area (Å²) in [4.78, 5) is 4.61. The number of hydrogen-bond donors (Lipinski definition) is 2. The Morgan fingerprint density at radius 2 is 2.36 bits per heavy atom. The minimum Gasteiger partial charge on any atom is -0.467 e. The number of fused-ring (bicyclic) bond motifs is 1. The number of aryl methyl sites for hydroxylation is 1. The number of guanidine groups is 1. The summed E-state index contributed by atoms with van der Waals surface area (Å²) in [6.07, 6.45) is 3.84. The molecule has 7 nitrogen and oxygen atoms in total. The number of aliphatic imine (C=N–C) groups is 1. The lowest BCUT2D eigenvalue weighted by Crippen LogP contribution is -2.40. The number of nitrogens with zero attached hydrogens (tertiary/aromatic N) is 4. The monoisotopic (exact) mass is 302 g/mol. The fourth-order valence-electron chi connectivity index (χ4n) is 2.49. The molecule has 2 aromatic heterocycles. The highest BCUT2D eigenvalue weighted by atomic mass is 16.3. The SMILES string of the molecule is CC(C)NC(=NCc1nnc2n1CCC2)NCc1ccco1. The Balaban J connectivity index is 1.65. The van der Waals surface area contributed by atoms with Gasteiger partial charge in [-0.1, -0.05) is 0 Å². The molecule has 0 saturated heterocycles. The summed E-state index contributed by atoms with van der Waals surface area (Å²) < 4.78 is 7.50. The van der Waals surface area contributed by atoms with Crippen LogP contribution in [0.3, 0.4) is 0 Å². The van der Waals surface area contributed by atoms with Crippen molar-refractivity contribution >= 4 is 5.96 Å². The van der Waals surface area contributed by atoms with E-state index >= 15 is 0 Å². The predicted octanol–water partition coefficient (Wildman–Crippen LogP) is 1.46. The lowest BCUT2D eigenvalue weighted by Gasteiger charge is -2.14. The molecular weight excluding hydrogens is 280 g/mol. The maximum Gasteiger partial charge on any atom is 0.192 e. The fraction of sp³-hybridized carbons (Fsp3) is 0.533. The molecule has 0 atom stereocenters. The topological polar surface area (TPSA) is 80.3 Å². The van der Waals surface area contributed by atoms with Crippen LogP contribution in [-0.2, 0) is 26.1 Å². The highest BCUT2D eigenvalue weighted by Crippen LogP contribution is 2.14. The molecule has 3 rings (SSSR count). The normalized spacial score (nSPS) is 14.4. The average molecular weight is 302 g/mol. The van der Waals surface area contributed by atoms with E-state index < -0.39 is 0 Å². The van der Waals surface area contributed by atoms with Gasteiger partial charge in [0, 0.05) is 19.0 Å². The van der Waals surface area contributed by atoms with Crippen molar-refractivity contribution in [3.8, 4) is 0 Å². The van der Waals surface area contributed by atoms with E-state index in [1.807, 2.05) is 12.1 Å². The molecule has 0 bridgehead atoms. The van der Waals surface area contributed by atoms with Crippen molar-refractivity contribution in [2.24, 2.45) is 4.99 Å². The lowest BCUT2D eigenvalue weighted by atomic mass is 10.4. The molecule has 2 N–H and O–H groups in total. The summed E-state index contributed by atoms with van der Waals surface area (Å²) in [6.45, 7) is 6.29. The van der Waals surface area contributed by atoms with Crippen LogP contribution in [0, 0.1) is 0 Å². The van der Waals surface area contributed by atoms with E-state index in [2.05, 4.69) is 44.2 Å². The van der Waals surface area contributed by atoms with Gasteiger partial charge in [-0.25, -0.2) is 4.99 Å². The summed E-state index contributed by atoms with van der Waals surface area (Å²) in [7, 11) is 0. The zero-order chi connectivity index (χ0) is 15.4. The van der Waals surface area contributed by atoms with Crippen molar-refractivity contribution in [2.45, 2.75) is 52.4 Å². The van der Waals surface area contributed by atoms with Crippen LogP contribution in [0.5, 0.6) is 0 Å². The molecule has 7 heteroatoms. The highest BCUT2D eigenvalue weighted by Gasteiger charge is 2.16. The van der Waals surface area contributed by atoms with Gasteiger partial charge >= 0.3 is 0 Å². The Bertz CT molecular complexity index is 629. The van der Waals surface area contributed by atoms with Gasteiger partial charge in [0.2, 0.25) is 0 Å². The van der Waals surface area contributed by atoms with E-state index in [9.17, 15) is 0 Å². The first-order valence-corrected chi connectivity index (χ1v) is 7.70. The third-order valence-corrected chi connectivity index (χ3v) is 3.50. The number of rotatable bonds is 5. The lowest BCUT2D eigenvalue weighted by molar-refractivity contribution is 0.500. The predicted molar refractivity (Wildman–Crippen MR) is 83.3 cm³/mol. The van der Waals surface area contributed by atoms with Gasteiger partial charge in [-0.05, 0) is 32.4 Å². The summed E-state index contributed by atoms with van der Waals surface area (Å²) in [5.74, 6) is 3.63. The van der Waals surface area contributed by atoms with Crippen LogP contribution in [0.25, 0.3) is 0 Å². The number of nitrogens with one attached hydrogen (secondary N) is 2. The Kier molecular flexibility index (Phi) is 4.41. The second kappa shape index (κ2) is 6.64. The van der Waals surface area contributed by atoms with E-state index in [1.54, 1.807) is 6.26 Å². The third kappa shape index (κ3) is 3.47. The molecule has 22 heavy (non-hydrogen) atoms. The second-order valence-electron chi connectivity index (χ2n) is 5.68. The molecule has 0 aliphatic carbocycles. The molecule has 3 heterocycles. The van der Waals surface area contributed by atoms with Crippen LogP contribution < -0.4 is 10.6 Å². The van der Waals surface area contributed by atoms with Gasteiger partial charge in [-0.15, -0.1) is 10.2 Å². The molecular formula is C15H22N6O. The molecule has 1 aliphatic rings. The van der Waals surface area contributed by atoms with Crippen LogP contribution in [0.1, 0.15) is 37.7 Å². The standard InChI is InChI=1S/C15H22N6O/c1-11(2)18-15(16-9-12-5-4-8-22-12)17-10-14-20-19-13-6-3-7-21(13)14/h4-5,8,11H,3,6-7,9-10H2,1-2H3,(H2,16,17,18). The van der Waals surface area contributed by atoms with Crippen LogP contribution >= 0.6 is 0 Å². The summed E-state index contributed by atoms with van der Waals surface area (Å²) >= 11 is 0. The van der Waals surface area contributed by atoms with E-state index in [4.69, 9.17) is 4.42 Å². The Hall–Kier alpha value is -2.31. The summed E-state index contributed by atoms with van der Waals surface area (Å²) in [6, 6.07) is 4.11. The van der Waals surface area contributed by atoms with Gasteiger partial charge in [0.1, 0.15) is 18.1 Å². The van der Waals surface area contributed by atoms with Crippen LogP contribution in [-0.4, -0.2) is 26.8 Å². The molecule has 0 amide bonds. The first kappa shape index (κ1) is 14.6. The number of aromatic nitrogens is 3. The molecule has 0 aromatic carbocycles. The molecule has 0 unspecified atom stereocenters. The van der Waals surface area contributed by atoms with Gasteiger partial charge in [0.25, 0.3) is 0 Å². The minimum atomic E-state index is 0.298. The molecule has 2 aromatic rings. The third-order valence-electron chi connectivity index (χ3n) is 3.50. The van der Waals surface area contributed by atoms with Gasteiger partial charge < -0.3 is 19.6 Å². The van der Waals surface area contributed by atoms with Crippen molar-refractivity contribution < 1.29 is 4.42 Å². The van der Waals surface area contributed by atoms with Crippen molar-refractivity contribution in [3.63, 3.8) is 0 Å². The van der Waals surface area contributed by atoms with Crippen LogP contribution in [0.15, 0.2) is 27.8 Å². The van der Waals surface area contributed by atoms with Gasteiger partial charge in [0.05, 0.1) is 12.8 Å². The van der Waals surface area contributed by atoms with E-state index in [1.165, 1.54) is 0 Å². The largest absolute Gasteiger partial charge is 0.467 e. The molecule has 0 spiro atoms. The molecule has 0 saturated carbocycles. The molecule has 1 aliphatic heterocycles. The quantitative estimate of drug-likeness (QED) is 0.645. The van der Waals surface area contributed by atoms with Gasteiger partial charge in [0.15, 0.2) is 11.8 Å². The van der Waals surface area contributed by atoms with E-state index in [0.717, 1.165) is 42.8 Å². The first-order valence-electron chi connectivity index (χ1n) is 7.70. The summed E-state index contributed by atoms with van der Waals surface area (Å²) in [5, 5.41) is 15.0.